The van der Waals surface area contributed by atoms with Crippen LogP contribution in [0.3, 0.4) is 0 Å². The Bertz CT molecular complexity index is 751. The zero-order valence-electron chi connectivity index (χ0n) is 13.4. The number of fused-ring (bicyclic) bond motifs is 1. The summed E-state index contributed by atoms with van der Waals surface area (Å²) >= 11 is 5.72. The van der Waals surface area contributed by atoms with E-state index in [1.807, 2.05) is 25.3 Å². The summed E-state index contributed by atoms with van der Waals surface area (Å²) in [7, 11) is 0. The molecule has 23 heavy (non-hydrogen) atoms. The third kappa shape index (κ3) is 2.98. The van der Waals surface area contributed by atoms with Gasteiger partial charge >= 0.3 is 0 Å². The monoisotopic (exact) mass is 335 g/mol. The molecule has 0 fully saturated rings. The van der Waals surface area contributed by atoms with Crippen molar-refractivity contribution in [1.29, 1.82) is 0 Å². The molecule has 1 aliphatic heterocycles. The van der Waals surface area contributed by atoms with Crippen LogP contribution >= 0.6 is 11.6 Å². The topological polar surface area (TPSA) is 38.1 Å². The highest BCUT2D eigenvalue weighted by atomic mass is 35.5. The quantitative estimate of drug-likeness (QED) is 0.837. The maximum Gasteiger partial charge on any atom is 0.246 e. The van der Waals surface area contributed by atoms with E-state index in [9.17, 15) is 9.18 Å². The predicted octanol–water partition coefficient (Wildman–Crippen LogP) is 3.81. The Labute approximate surface area is 139 Å². The summed E-state index contributed by atoms with van der Waals surface area (Å²) in [6, 6.07) is 4.34. The number of carbonyl (C=O) groups excluding carboxylic acids is 1. The van der Waals surface area contributed by atoms with Crippen molar-refractivity contribution in [3.8, 4) is 0 Å². The Kier molecular flexibility index (Phi) is 3.92. The van der Waals surface area contributed by atoms with Gasteiger partial charge in [0.25, 0.3) is 0 Å². The number of hydrogen-bond donors (Lipinski definition) is 0. The average molecular weight is 336 g/mol. The van der Waals surface area contributed by atoms with E-state index < -0.39 is 5.82 Å². The number of nitrogens with zero attached hydrogens (tertiary/aromatic N) is 3. The molecule has 0 N–H and O–H groups in total. The normalized spacial score (nSPS) is 18.2. The summed E-state index contributed by atoms with van der Waals surface area (Å²) in [5, 5.41) is 0.0874. The van der Waals surface area contributed by atoms with E-state index >= 15 is 0 Å². The predicted molar refractivity (Wildman–Crippen MR) is 86.4 cm³/mol. The lowest BCUT2D eigenvalue weighted by molar-refractivity contribution is -0.141. The first kappa shape index (κ1) is 16.0. The van der Waals surface area contributed by atoms with Crippen LogP contribution in [0.2, 0.25) is 5.02 Å². The van der Waals surface area contributed by atoms with Gasteiger partial charge in [0.05, 0.1) is 23.6 Å². The smallest absolute Gasteiger partial charge is 0.246 e. The van der Waals surface area contributed by atoms with E-state index in [1.54, 1.807) is 23.5 Å². The van der Waals surface area contributed by atoms with Crippen LogP contribution in [0.25, 0.3) is 0 Å². The highest BCUT2D eigenvalue weighted by Gasteiger charge is 2.40. The van der Waals surface area contributed by atoms with Crippen LogP contribution in [0.15, 0.2) is 30.7 Å². The fraction of sp³-hybridized carbons (Fsp3) is 0.412. The average Bonchev–Trinajstić information content (AvgIpc) is 2.89. The minimum Gasteiger partial charge on any atom is -0.331 e. The fourth-order valence-electron chi connectivity index (χ4n) is 3.03. The maximum atomic E-state index is 13.6. The molecule has 1 aromatic carbocycles. The van der Waals surface area contributed by atoms with Crippen molar-refractivity contribution in [1.82, 2.24) is 14.5 Å². The molecule has 0 aliphatic carbocycles. The van der Waals surface area contributed by atoms with Crippen molar-refractivity contribution in [2.24, 2.45) is 5.41 Å². The number of carbonyl (C=O) groups is 1. The minimum atomic E-state index is -0.467. The summed E-state index contributed by atoms with van der Waals surface area (Å²) < 4.78 is 15.6. The first-order valence-corrected chi connectivity index (χ1v) is 7.88. The molecule has 0 bridgehead atoms. The van der Waals surface area contributed by atoms with Gasteiger partial charge in [0.2, 0.25) is 5.91 Å². The Balaban J connectivity index is 1.92. The summed E-state index contributed by atoms with van der Waals surface area (Å²) in [5.74, 6) is -0.440. The highest BCUT2D eigenvalue weighted by Crippen LogP contribution is 2.37. The standard InChI is InChI=1S/C17H19ClFN3O/c1-17(2,3)15-16(23)21(9-12-7-20-10-22(12)15)8-11-4-5-13(18)14(19)6-11/h4-7,10,15H,8-9H2,1-3H3. The first-order valence-electron chi connectivity index (χ1n) is 7.51. The van der Waals surface area contributed by atoms with Gasteiger partial charge in [-0.1, -0.05) is 38.4 Å². The molecule has 0 radical (unpaired) electrons. The molecular weight excluding hydrogens is 317 g/mol. The van der Waals surface area contributed by atoms with Gasteiger partial charge in [-0.3, -0.25) is 4.79 Å². The Morgan fingerprint density at radius 1 is 1.39 bits per heavy atom. The van der Waals surface area contributed by atoms with Crippen molar-refractivity contribution in [2.75, 3.05) is 0 Å². The van der Waals surface area contributed by atoms with Gasteiger partial charge in [-0.2, -0.15) is 0 Å². The lowest BCUT2D eigenvalue weighted by atomic mass is 9.84. The molecular formula is C17H19ClFN3O. The van der Waals surface area contributed by atoms with Gasteiger partial charge in [0, 0.05) is 12.7 Å². The van der Waals surface area contributed by atoms with Crippen molar-refractivity contribution in [2.45, 2.75) is 39.9 Å². The van der Waals surface area contributed by atoms with E-state index in [1.165, 1.54) is 12.1 Å². The van der Waals surface area contributed by atoms with E-state index in [2.05, 4.69) is 4.98 Å². The van der Waals surface area contributed by atoms with E-state index in [0.29, 0.717) is 13.1 Å². The van der Waals surface area contributed by atoms with Gasteiger partial charge in [0.1, 0.15) is 11.9 Å². The minimum absolute atomic E-state index is 0.0263. The Morgan fingerprint density at radius 2 is 2.13 bits per heavy atom. The first-order chi connectivity index (χ1) is 10.8. The molecule has 3 rings (SSSR count). The number of imidazole rings is 1. The van der Waals surface area contributed by atoms with Gasteiger partial charge in [0.15, 0.2) is 0 Å². The molecule has 122 valence electrons. The van der Waals surface area contributed by atoms with Crippen molar-refractivity contribution >= 4 is 17.5 Å². The highest BCUT2D eigenvalue weighted by molar-refractivity contribution is 6.30. The zero-order valence-corrected chi connectivity index (χ0v) is 14.1. The van der Waals surface area contributed by atoms with Crippen LogP contribution in [-0.4, -0.2) is 20.4 Å². The van der Waals surface area contributed by atoms with E-state index in [-0.39, 0.29) is 22.4 Å². The molecule has 4 nitrogen and oxygen atoms in total. The molecule has 2 heterocycles. The van der Waals surface area contributed by atoms with Crippen molar-refractivity contribution < 1.29 is 9.18 Å². The van der Waals surface area contributed by atoms with E-state index in [4.69, 9.17) is 11.6 Å². The number of amides is 1. The fourth-order valence-corrected chi connectivity index (χ4v) is 3.15. The van der Waals surface area contributed by atoms with E-state index in [0.717, 1.165) is 11.3 Å². The molecule has 0 saturated carbocycles. The van der Waals surface area contributed by atoms with Crippen LogP contribution in [0, 0.1) is 11.2 Å². The van der Waals surface area contributed by atoms with Crippen LogP contribution in [0.5, 0.6) is 0 Å². The maximum absolute atomic E-state index is 13.6. The van der Waals surface area contributed by atoms with Crippen LogP contribution in [0.1, 0.15) is 38.1 Å². The summed E-state index contributed by atoms with van der Waals surface area (Å²) in [5.41, 5.74) is 1.47. The molecule has 1 atom stereocenters. The molecule has 2 aromatic rings. The molecule has 1 aromatic heterocycles. The molecule has 1 unspecified atom stereocenters. The molecule has 0 spiro atoms. The van der Waals surface area contributed by atoms with Crippen LogP contribution in [-0.2, 0) is 17.9 Å². The van der Waals surface area contributed by atoms with Gasteiger partial charge in [-0.25, -0.2) is 9.37 Å². The molecule has 0 saturated heterocycles. The summed E-state index contributed by atoms with van der Waals surface area (Å²) in [6.07, 6.45) is 3.49. The van der Waals surface area contributed by atoms with Crippen LogP contribution in [0.4, 0.5) is 4.39 Å². The lowest BCUT2D eigenvalue weighted by Gasteiger charge is -2.40. The summed E-state index contributed by atoms with van der Waals surface area (Å²) in [6.45, 7) is 6.92. The third-order valence-corrected chi connectivity index (χ3v) is 4.41. The van der Waals surface area contributed by atoms with Crippen molar-refractivity contribution in [3.05, 3.63) is 52.8 Å². The summed E-state index contributed by atoms with van der Waals surface area (Å²) in [4.78, 5) is 18.9. The number of rotatable bonds is 2. The van der Waals surface area contributed by atoms with Crippen molar-refractivity contribution in [3.63, 3.8) is 0 Å². The Morgan fingerprint density at radius 3 is 2.78 bits per heavy atom. The van der Waals surface area contributed by atoms with Gasteiger partial charge < -0.3 is 9.47 Å². The lowest BCUT2D eigenvalue weighted by Crippen LogP contribution is -2.46. The number of hydrogen-bond acceptors (Lipinski definition) is 2. The molecule has 1 amide bonds. The SMILES string of the molecule is CC(C)(C)C1C(=O)N(Cc2ccc(Cl)c(F)c2)Cc2cncn21. The second-order valence-corrected chi connectivity index (χ2v) is 7.41. The third-order valence-electron chi connectivity index (χ3n) is 4.10. The Hall–Kier alpha value is -1.88. The molecule has 6 heteroatoms. The number of halogens is 2. The van der Waals surface area contributed by atoms with Crippen LogP contribution < -0.4 is 0 Å². The zero-order chi connectivity index (χ0) is 16.8. The second kappa shape index (κ2) is 5.64. The molecule has 1 aliphatic rings. The largest absolute Gasteiger partial charge is 0.331 e. The number of benzene rings is 1. The number of aromatic nitrogens is 2. The second-order valence-electron chi connectivity index (χ2n) is 7.00. The van der Waals surface area contributed by atoms with Gasteiger partial charge in [-0.05, 0) is 23.1 Å². The van der Waals surface area contributed by atoms with Gasteiger partial charge in [-0.15, -0.1) is 0 Å².